The quantitative estimate of drug-likeness (QED) is 0.656. The topological polar surface area (TPSA) is 38.0 Å². The van der Waals surface area contributed by atoms with Crippen molar-refractivity contribution in [3.63, 3.8) is 0 Å². The van der Waals surface area contributed by atoms with E-state index in [0.717, 1.165) is 40.5 Å². The van der Waals surface area contributed by atoms with Crippen molar-refractivity contribution in [2.45, 2.75) is 25.6 Å². The smallest absolute Gasteiger partial charge is 0.213 e. The Bertz CT molecular complexity index is 1010. The minimum absolute atomic E-state index is 0.0358. The van der Waals surface area contributed by atoms with Crippen LogP contribution in [0.3, 0.4) is 0 Å². The van der Waals surface area contributed by atoms with Crippen molar-refractivity contribution in [3.8, 4) is 5.75 Å². The Morgan fingerprint density at radius 3 is 2.77 bits per heavy atom. The lowest BCUT2D eigenvalue weighted by Gasteiger charge is -2.38. The van der Waals surface area contributed by atoms with E-state index in [1.807, 2.05) is 48.3 Å². The zero-order chi connectivity index (χ0) is 17.7. The highest BCUT2D eigenvalue weighted by Crippen LogP contribution is 2.47. The maximum Gasteiger partial charge on any atom is 0.213 e. The lowest BCUT2D eigenvalue weighted by molar-refractivity contribution is -0.0192. The normalized spacial score (nSPS) is 21.0. The van der Waals surface area contributed by atoms with E-state index in [9.17, 15) is 4.39 Å². The number of aryl methyl sites for hydroxylation is 1. The number of ether oxygens (including phenoxy) is 1. The first-order valence-electron chi connectivity index (χ1n) is 8.63. The predicted molar refractivity (Wildman–Crippen MR) is 95.4 cm³/mol. The highest BCUT2D eigenvalue weighted by atomic mass is 19.1. The lowest BCUT2D eigenvalue weighted by atomic mass is 9.97. The van der Waals surface area contributed by atoms with Crippen molar-refractivity contribution in [1.82, 2.24) is 5.01 Å². The minimum atomic E-state index is -0.473. The maximum absolute atomic E-state index is 13.8. The molecule has 26 heavy (non-hydrogen) atoms. The highest BCUT2D eigenvalue weighted by molar-refractivity contribution is 5.99. The number of benzene rings is 2. The molecule has 0 radical (unpaired) electrons. The number of para-hydroxylation sites is 1. The first-order valence-corrected chi connectivity index (χ1v) is 8.63. The van der Waals surface area contributed by atoms with Crippen LogP contribution in [0.2, 0.25) is 0 Å². The van der Waals surface area contributed by atoms with Gasteiger partial charge < -0.3 is 9.15 Å². The minimum Gasteiger partial charge on any atom is -0.464 e. The number of fused-ring (bicyclic) bond motifs is 3. The third kappa shape index (κ3) is 2.39. The van der Waals surface area contributed by atoms with E-state index in [4.69, 9.17) is 14.3 Å². The van der Waals surface area contributed by atoms with Gasteiger partial charge >= 0.3 is 0 Å². The Morgan fingerprint density at radius 2 is 1.96 bits per heavy atom. The standard InChI is InChI=1S/C21H17FN2O2/c1-13-9-10-20(25-13)17-12-18-16-7-2-3-8-19(16)26-21(24(18)23-17)14-5-4-6-15(22)11-14/h2-11,18,21H,12H2,1H3. The number of furan rings is 1. The van der Waals surface area contributed by atoms with Gasteiger partial charge in [0.1, 0.15) is 28.8 Å². The summed E-state index contributed by atoms with van der Waals surface area (Å²) in [7, 11) is 0. The lowest BCUT2D eigenvalue weighted by Crippen LogP contribution is -2.33. The van der Waals surface area contributed by atoms with E-state index in [1.165, 1.54) is 12.1 Å². The van der Waals surface area contributed by atoms with Crippen LogP contribution in [0, 0.1) is 12.7 Å². The van der Waals surface area contributed by atoms with Gasteiger partial charge in [-0.25, -0.2) is 9.40 Å². The second-order valence-corrected chi connectivity index (χ2v) is 6.62. The van der Waals surface area contributed by atoms with Crippen molar-refractivity contribution in [3.05, 3.63) is 89.1 Å². The summed E-state index contributed by atoms with van der Waals surface area (Å²) in [6.45, 7) is 1.92. The molecule has 5 rings (SSSR count). The molecule has 2 unspecified atom stereocenters. The number of rotatable bonds is 2. The van der Waals surface area contributed by atoms with E-state index in [-0.39, 0.29) is 11.9 Å². The molecule has 0 spiro atoms. The second-order valence-electron chi connectivity index (χ2n) is 6.62. The molecule has 2 aliphatic heterocycles. The third-order valence-electron chi connectivity index (χ3n) is 4.86. The fraction of sp³-hybridized carbons (Fsp3) is 0.190. The van der Waals surface area contributed by atoms with E-state index >= 15 is 0 Å². The summed E-state index contributed by atoms with van der Waals surface area (Å²) >= 11 is 0. The fourth-order valence-electron chi connectivity index (χ4n) is 3.65. The van der Waals surface area contributed by atoms with Gasteiger partial charge in [0.25, 0.3) is 0 Å². The van der Waals surface area contributed by atoms with Crippen molar-refractivity contribution >= 4 is 5.71 Å². The summed E-state index contributed by atoms with van der Waals surface area (Å²) in [5, 5.41) is 6.71. The second kappa shape index (κ2) is 5.73. The van der Waals surface area contributed by atoms with E-state index in [2.05, 4.69) is 6.07 Å². The average molecular weight is 348 g/mol. The Morgan fingerprint density at radius 1 is 1.08 bits per heavy atom. The van der Waals surface area contributed by atoms with Crippen molar-refractivity contribution < 1.29 is 13.5 Å². The van der Waals surface area contributed by atoms with Crippen molar-refractivity contribution in [2.24, 2.45) is 5.10 Å². The van der Waals surface area contributed by atoms with E-state index in [0.29, 0.717) is 0 Å². The number of halogens is 1. The van der Waals surface area contributed by atoms with Gasteiger partial charge in [0, 0.05) is 17.5 Å². The van der Waals surface area contributed by atoms with Crippen LogP contribution in [-0.2, 0) is 0 Å². The number of hydrazone groups is 1. The van der Waals surface area contributed by atoms with Crippen molar-refractivity contribution in [2.75, 3.05) is 0 Å². The highest BCUT2D eigenvalue weighted by Gasteiger charge is 2.41. The van der Waals surface area contributed by atoms with Gasteiger partial charge in [-0.15, -0.1) is 0 Å². The summed E-state index contributed by atoms with van der Waals surface area (Å²) in [5.74, 6) is 2.15. The van der Waals surface area contributed by atoms with Gasteiger partial charge in [0.05, 0.1) is 6.04 Å². The van der Waals surface area contributed by atoms with Crippen LogP contribution in [0.5, 0.6) is 5.75 Å². The molecule has 0 N–H and O–H groups in total. The van der Waals surface area contributed by atoms with Crippen LogP contribution in [0.25, 0.3) is 0 Å². The van der Waals surface area contributed by atoms with Gasteiger partial charge in [0.15, 0.2) is 0 Å². The van der Waals surface area contributed by atoms with Gasteiger partial charge in [0.2, 0.25) is 6.23 Å². The molecule has 0 saturated carbocycles. The molecule has 0 fully saturated rings. The monoisotopic (exact) mass is 348 g/mol. The third-order valence-corrected chi connectivity index (χ3v) is 4.86. The first kappa shape index (κ1) is 15.2. The predicted octanol–water partition coefficient (Wildman–Crippen LogP) is 4.97. The van der Waals surface area contributed by atoms with Crippen LogP contribution < -0.4 is 4.74 Å². The van der Waals surface area contributed by atoms with Crippen LogP contribution in [0.1, 0.15) is 41.3 Å². The summed E-state index contributed by atoms with van der Waals surface area (Å²) in [4.78, 5) is 0. The van der Waals surface area contributed by atoms with E-state index < -0.39 is 6.23 Å². The van der Waals surface area contributed by atoms with Gasteiger partial charge in [-0.05, 0) is 37.3 Å². The molecule has 0 amide bonds. The van der Waals surface area contributed by atoms with E-state index in [1.54, 1.807) is 6.07 Å². The summed E-state index contributed by atoms with van der Waals surface area (Å²) in [6.07, 6.45) is 0.248. The number of nitrogens with zero attached hydrogens (tertiary/aromatic N) is 2. The van der Waals surface area contributed by atoms with Gasteiger partial charge in [-0.3, -0.25) is 0 Å². The molecule has 0 saturated heterocycles. The molecule has 1 aromatic heterocycles. The largest absolute Gasteiger partial charge is 0.464 e. The zero-order valence-corrected chi connectivity index (χ0v) is 14.2. The van der Waals surface area contributed by atoms with Gasteiger partial charge in [-0.2, -0.15) is 5.10 Å². The Balaban J connectivity index is 1.61. The van der Waals surface area contributed by atoms with Crippen molar-refractivity contribution in [1.29, 1.82) is 0 Å². The molecule has 4 nitrogen and oxygen atoms in total. The number of hydrogen-bond donors (Lipinski definition) is 0. The average Bonchev–Trinajstić information content (AvgIpc) is 3.27. The van der Waals surface area contributed by atoms with Crippen LogP contribution >= 0.6 is 0 Å². The van der Waals surface area contributed by atoms with Crippen LogP contribution in [0.15, 0.2) is 70.2 Å². The zero-order valence-electron chi connectivity index (χ0n) is 14.2. The molecule has 0 aliphatic carbocycles. The Kier molecular flexibility index (Phi) is 3.35. The van der Waals surface area contributed by atoms with Crippen LogP contribution in [-0.4, -0.2) is 10.7 Å². The van der Waals surface area contributed by atoms with Crippen LogP contribution in [0.4, 0.5) is 4.39 Å². The Labute approximate surface area is 150 Å². The molecule has 2 atom stereocenters. The molecule has 2 aromatic carbocycles. The van der Waals surface area contributed by atoms with Gasteiger partial charge in [-0.1, -0.05) is 30.3 Å². The summed E-state index contributed by atoms with van der Waals surface area (Å²) in [5.41, 5.74) is 2.71. The molecular weight excluding hydrogens is 331 g/mol. The Hall–Kier alpha value is -3.08. The summed E-state index contributed by atoms with van der Waals surface area (Å²) in [6, 6.07) is 18.4. The fourth-order valence-corrected chi connectivity index (χ4v) is 3.65. The first-order chi connectivity index (χ1) is 12.7. The molecule has 5 heteroatoms. The molecule has 130 valence electrons. The maximum atomic E-state index is 13.8. The molecular formula is C21H17FN2O2. The molecule has 3 aromatic rings. The molecule has 2 aliphatic rings. The molecule has 0 bridgehead atoms. The SMILES string of the molecule is Cc1ccc(C2=NN3C(C2)c2ccccc2OC3c2cccc(F)c2)o1. The number of hydrogen-bond acceptors (Lipinski definition) is 4. The summed E-state index contributed by atoms with van der Waals surface area (Å²) < 4.78 is 25.7. The molecule has 3 heterocycles.